The number of phenolic OH excluding ortho intramolecular Hbond substituents is 1. The van der Waals surface area contributed by atoms with E-state index in [0.717, 1.165) is 11.5 Å². The van der Waals surface area contributed by atoms with E-state index in [4.69, 9.17) is 15.6 Å². The van der Waals surface area contributed by atoms with Gasteiger partial charge in [0.05, 0.1) is 5.57 Å². The lowest BCUT2D eigenvalue weighted by Crippen LogP contribution is -2.16. The minimum Gasteiger partial charge on any atom is -0.508 e. The van der Waals surface area contributed by atoms with Crippen molar-refractivity contribution in [2.45, 2.75) is 0 Å². The minimum absolute atomic E-state index is 0.0249. The summed E-state index contributed by atoms with van der Waals surface area (Å²) in [4.78, 5) is 11.7. The molecule has 0 aliphatic carbocycles. The van der Waals surface area contributed by atoms with E-state index in [1.807, 2.05) is 0 Å². The van der Waals surface area contributed by atoms with Crippen molar-refractivity contribution in [2.75, 3.05) is 0 Å². The Bertz CT molecular complexity index is 655. The Kier molecular flexibility index (Phi) is 2.84. The van der Waals surface area contributed by atoms with Gasteiger partial charge in [-0.15, -0.1) is 0 Å². The second-order valence-electron chi connectivity index (χ2n) is 3.51. The van der Waals surface area contributed by atoms with Crippen LogP contribution in [-0.2, 0) is 14.6 Å². The number of hydrogen-bond acceptors (Lipinski definition) is 6. The average molecular weight is 267 g/mol. The summed E-state index contributed by atoms with van der Waals surface area (Å²) < 4.78 is 27.4. The normalized spacial score (nSPS) is 16.9. The fourth-order valence-electron chi connectivity index (χ4n) is 1.31. The number of aromatic hydroxyl groups is 1. The van der Waals surface area contributed by atoms with Gasteiger partial charge in [0.1, 0.15) is 16.5 Å². The van der Waals surface area contributed by atoms with Crippen molar-refractivity contribution in [1.82, 2.24) is 0 Å². The van der Waals surface area contributed by atoms with Gasteiger partial charge in [-0.25, -0.2) is 13.2 Å². The van der Waals surface area contributed by atoms with Gasteiger partial charge < -0.3 is 15.6 Å². The van der Waals surface area contributed by atoms with Gasteiger partial charge >= 0.3 is 5.97 Å². The molecule has 1 aromatic rings. The van der Waals surface area contributed by atoms with Gasteiger partial charge in [0.15, 0.2) is 0 Å². The molecular formula is C11H9NO5S. The molecule has 0 aromatic heterocycles. The van der Waals surface area contributed by atoms with Crippen LogP contribution in [0.5, 0.6) is 11.5 Å². The van der Waals surface area contributed by atoms with E-state index < -0.39 is 20.8 Å². The minimum atomic E-state index is -3.68. The predicted octanol–water partition coefficient (Wildman–Crippen LogP) is 0.410. The molecular weight excluding hydrogens is 258 g/mol. The third-order valence-corrected chi connectivity index (χ3v) is 3.58. The first-order valence-corrected chi connectivity index (χ1v) is 6.39. The van der Waals surface area contributed by atoms with Gasteiger partial charge in [0.2, 0.25) is 9.84 Å². The maximum absolute atomic E-state index is 11.7. The molecule has 0 spiro atoms. The van der Waals surface area contributed by atoms with Crippen molar-refractivity contribution < 1.29 is 23.1 Å². The maximum Gasteiger partial charge on any atom is 0.346 e. The summed E-state index contributed by atoms with van der Waals surface area (Å²) in [6.07, 6.45) is 1.09. The number of phenols is 1. The summed E-state index contributed by atoms with van der Waals surface area (Å²) in [5, 5.41) is 9.37. The van der Waals surface area contributed by atoms with Crippen LogP contribution in [-0.4, -0.2) is 19.5 Å². The first-order chi connectivity index (χ1) is 8.40. The van der Waals surface area contributed by atoms with E-state index in [1.54, 1.807) is 0 Å². The molecule has 0 saturated carbocycles. The fraction of sp³-hybridized carbons (Fsp3) is 0. The number of esters is 1. The number of carbonyl (C=O) groups is 1. The van der Waals surface area contributed by atoms with Crippen LogP contribution in [0.15, 0.2) is 46.4 Å². The molecule has 0 atom stereocenters. The fourth-order valence-corrected chi connectivity index (χ4v) is 2.23. The number of ether oxygens (including phenoxy) is 1. The number of sulfone groups is 1. The summed E-state index contributed by atoms with van der Waals surface area (Å²) in [5.74, 6) is -0.664. The first-order valence-electron chi connectivity index (χ1n) is 4.84. The highest BCUT2D eigenvalue weighted by molar-refractivity contribution is 7.98. The third-order valence-electron chi connectivity index (χ3n) is 2.25. The molecule has 0 unspecified atom stereocenters. The molecule has 94 valence electrons. The summed E-state index contributed by atoms with van der Waals surface area (Å²) in [6, 6.07) is 5.41. The SMILES string of the molecule is NC1=C(C(=O)Oc2ccc(O)cc2)C=CS1(=O)=O. The van der Waals surface area contributed by atoms with E-state index in [9.17, 15) is 13.2 Å². The molecule has 0 saturated heterocycles. The van der Waals surface area contributed by atoms with E-state index in [-0.39, 0.29) is 17.1 Å². The Morgan fingerprint density at radius 2 is 1.83 bits per heavy atom. The van der Waals surface area contributed by atoms with Crippen molar-refractivity contribution in [3.8, 4) is 11.5 Å². The summed E-state index contributed by atoms with van der Waals surface area (Å²) in [5.41, 5.74) is 5.12. The number of benzene rings is 1. The molecule has 1 aliphatic heterocycles. The van der Waals surface area contributed by atoms with Crippen LogP contribution in [0.2, 0.25) is 0 Å². The molecule has 1 aliphatic rings. The van der Waals surface area contributed by atoms with Crippen molar-refractivity contribution in [1.29, 1.82) is 0 Å². The van der Waals surface area contributed by atoms with Crippen molar-refractivity contribution in [3.63, 3.8) is 0 Å². The molecule has 7 heteroatoms. The van der Waals surface area contributed by atoms with Crippen LogP contribution in [0.4, 0.5) is 0 Å². The Hall–Kier alpha value is -2.28. The Morgan fingerprint density at radius 1 is 1.22 bits per heavy atom. The van der Waals surface area contributed by atoms with Gasteiger partial charge in [-0.1, -0.05) is 0 Å². The van der Waals surface area contributed by atoms with Gasteiger partial charge in [0.25, 0.3) is 0 Å². The number of rotatable bonds is 2. The molecule has 0 radical (unpaired) electrons. The van der Waals surface area contributed by atoms with Crippen LogP contribution >= 0.6 is 0 Å². The average Bonchev–Trinajstić information content (AvgIpc) is 2.58. The standard InChI is InChI=1S/C11H9NO5S/c12-10-9(5-6-18(10,15)16)11(14)17-8-3-1-7(13)2-4-8/h1-6,13H,12H2. The lowest BCUT2D eigenvalue weighted by Gasteiger charge is -2.04. The van der Waals surface area contributed by atoms with Gasteiger partial charge in [-0.3, -0.25) is 0 Å². The van der Waals surface area contributed by atoms with E-state index in [2.05, 4.69) is 0 Å². The zero-order valence-electron chi connectivity index (χ0n) is 9.03. The highest BCUT2D eigenvalue weighted by atomic mass is 32.2. The first kappa shape index (κ1) is 12.2. The van der Waals surface area contributed by atoms with Crippen LogP contribution in [0.3, 0.4) is 0 Å². The molecule has 18 heavy (non-hydrogen) atoms. The molecule has 0 fully saturated rings. The van der Waals surface area contributed by atoms with Crippen LogP contribution in [0, 0.1) is 0 Å². The number of carbonyl (C=O) groups excluding carboxylic acids is 1. The van der Waals surface area contributed by atoms with Gasteiger partial charge in [-0.2, -0.15) is 0 Å². The third kappa shape index (κ3) is 2.21. The Morgan fingerprint density at radius 3 is 2.33 bits per heavy atom. The number of hydrogen-bond donors (Lipinski definition) is 2. The lowest BCUT2D eigenvalue weighted by molar-refractivity contribution is -0.129. The van der Waals surface area contributed by atoms with Gasteiger partial charge in [-0.05, 0) is 30.3 Å². The zero-order valence-corrected chi connectivity index (χ0v) is 9.85. The predicted molar refractivity (Wildman–Crippen MR) is 63.0 cm³/mol. The van der Waals surface area contributed by atoms with Crippen LogP contribution in [0.1, 0.15) is 0 Å². The highest BCUT2D eigenvalue weighted by Gasteiger charge is 2.27. The van der Waals surface area contributed by atoms with E-state index in [1.165, 1.54) is 24.3 Å². The second kappa shape index (κ2) is 4.19. The number of nitrogens with two attached hydrogens (primary N) is 1. The van der Waals surface area contributed by atoms with Crippen molar-refractivity contribution in [3.05, 3.63) is 46.4 Å². The second-order valence-corrected chi connectivity index (χ2v) is 5.31. The molecule has 3 N–H and O–H groups in total. The van der Waals surface area contributed by atoms with E-state index >= 15 is 0 Å². The van der Waals surface area contributed by atoms with Crippen LogP contribution < -0.4 is 10.5 Å². The summed E-state index contributed by atoms with van der Waals surface area (Å²) >= 11 is 0. The Labute approximate surface area is 103 Å². The molecule has 6 nitrogen and oxygen atoms in total. The topological polar surface area (TPSA) is 107 Å². The molecule has 1 heterocycles. The molecule has 0 amide bonds. The smallest absolute Gasteiger partial charge is 0.346 e. The summed E-state index contributed by atoms with van der Waals surface area (Å²) in [6.45, 7) is 0. The molecule has 1 aromatic carbocycles. The lowest BCUT2D eigenvalue weighted by atomic mass is 10.3. The zero-order chi connectivity index (χ0) is 13.3. The molecule has 0 bridgehead atoms. The quantitative estimate of drug-likeness (QED) is 0.593. The van der Waals surface area contributed by atoms with Crippen LogP contribution in [0.25, 0.3) is 0 Å². The summed E-state index contributed by atoms with van der Waals surface area (Å²) in [7, 11) is -3.68. The largest absolute Gasteiger partial charge is 0.508 e. The van der Waals surface area contributed by atoms with Crippen molar-refractivity contribution >= 4 is 15.8 Å². The van der Waals surface area contributed by atoms with Gasteiger partial charge in [0, 0.05) is 5.41 Å². The Balaban J connectivity index is 2.22. The van der Waals surface area contributed by atoms with Crippen molar-refractivity contribution in [2.24, 2.45) is 5.73 Å². The molecule has 2 rings (SSSR count). The highest BCUT2D eigenvalue weighted by Crippen LogP contribution is 2.22. The monoisotopic (exact) mass is 267 g/mol. The maximum atomic E-state index is 11.7. The van der Waals surface area contributed by atoms with E-state index in [0.29, 0.717) is 0 Å².